The van der Waals surface area contributed by atoms with Crippen LogP contribution in [0.3, 0.4) is 0 Å². The zero-order valence-corrected chi connectivity index (χ0v) is 19.7. The number of hydrogen-bond acceptors (Lipinski definition) is 6. The average Bonchev–Trinajstić information content (AvgIpc) is 2.84. The molecule has 7 heteroatoms. The normalized spacial score (nSPS) is 11.9. The Bertz CT molecular complexity index is 1490. The third-order valence-corrected chi connectivity index (χ3v) is 6.23. The number of hydrogen-bond donors (Lipinski definition) is 3. The standard InChI is InChI=1S/C28H27N3O4/c1-16-12-21(17(2)6-5-8-18-7-3-4-9-20(18)28(33)34)26-22(13-16)24(32)14-25(35-26)23-11-10-19(15-29)27(30)31-23/h3-4,7,9-15,17,29H,5-6,8H2,1-2H3,(H2,30,31)(H,33,34). The molecule has 2 aromatic heterocycles. The van der Waals surface area contributed by atoms with Crippen LogP contribution in [0.2, 0.25) is 0 Å². The van der Waals surface area contributed by atoms with Crippen molar-refractivity contribution >= 4 is 29.0 Å². The Morgan fingerprint density at radius 1 is 1.20 bits per heavy atom. The average molecular weight is 470 g/mol. The molecule has 4 rings (SSSR count). The molecular formula is C28H27N3O4. The molecule has 0 saturated carbocycles. The maximum absolute atomic E-state index is 13.0. The van der Waals surface area contributed by atoms with Crippen LogP contribution in [0.5, 0.6) is 0 Å². The minimum atomic E-state index is -0.921. The highest BCUT2D eigenvalue weighted by atomic mass is 16.4. The molecule has 0 radical (unpaired) electrons. The molecule has 0 spiro atoms. The summed E-state index contributed by atoms with van der Waals surface area (Å²) in [6.07, 6.45) is 3.35. The van der Waals surface area contributed by atoms with E-state index < -0.39 is 5.97 Å². The smallest absolute Gasteiger partial charge is 0.335 e. The van der Waals surface area contributed by atoms with Crippen LogP contribution in [0.25, 0.3) is 22.4 Å². The van der Waals surface area contributed by atoms with Crippen LogP contribution in [-0.4, -0.2) is 22.3 Å². The molecule has 0 bridgehead atoms. The number of nitrogen functional groups attached to an aromatic ring is 1. The second kappa shape index (κ2) is 9.93. The van der Waals surface area contributed by atoms with Gasteiger partial charge in [-0.2, -0.15) is 0 Å². The number of fused-ring (bicyclic) bond motifs is 1. The highest BCUT2D eigenvalue weighted by Crippen LogP contribution is 2.32. The number of nitrogens with two attached hydrogens (primary N) is 1. The number of nitrogens with one attached hydrogen (secondary N) is 1. The summed E-state index contributed by atoms with van der Waals surface area (Å²) in [6, 6.07) is 15.7. The van der Waals surface area contributed by atoms with E-state index in [2.05, 4.69) is 11.9 Å². The first-order chi connectivity index (χ1) is 16.8. The zero-order valence-electron chi connectivity index (χ0n) is 19.7. The predicted molar refractivity (Wildman–Crippen MR) is 138 cm³/mol. The van der Waals surface area contributed by atoms with E-state index in [1.165, 1.54) is 6.07 Å². The Hall–Kier alpha value is -4.26. The number of anilines is 1. The van der Waals surface area contributed by atoms with E-state index >= 15 is 0 Å². The Labute approximate surface area is 202 Å². The number of aromatic carboxylic acids is 1. The number of aromatic nitrogens is 1. The minimum Gasteiger partial charge on any atom is -0.478 e. The third-order valence-electron chi connectivity index (χ3n) is 6.23. The third kappa shape index (κ3) is 4.99. The van der Waals surface area contributed by atoms with Gasteiger partial charge in [-0.3, -0.25) is 4.79 Å². The van der Waals surface area contributed by atoms with E-state index in [9.17, 15) is 14.7 Å². The second-order valence-corrected chi connectivity index (χ2v) is 8.78. The molecule has 178 valence electrons. The van der Waals surface area contributed by atoms with Gasteiger partial charge in [0.15, 0.2) is 11.2 Å². The molecule has 0 saturated heterocycles. The molecule has 0 aliphatic rings. The lowest BCUT2D eigenvalue weighted by atomic mass is 9.91. The SMILES string of the molecule is Cc1cc(C(C)CCCc2ccccc2C(=O)O)c2oc(-c3ccc(C=N)c(N)n3)cc(=O)c2c1. The maximum Gasteiger partial charge on any atom is 0.335 e. The lowest BCUT2D eigenvalue weighted by Gasteiger charge is -2.16. The van der Waals surface area contributed by atoms with Crippen molar-refractivity contribution in [1.82, 2.24) is 4.98 Å². The van der Waals surface area contributed by atoms with Crippen LogP contribution in [0.4, 0.5) is 5.82 Å². The van der Waals surface area contributed by atoms with Crippen molar-refractivity contribution in [2.24, 2.45) is 0 Å². The fourth-order valence-electron chi connectivity index (χ4n) is 4.37. The molecule has 0 fully saturated rings. The van der Waals surface area contributed by atoms with Gasteiger partial charge < -0.3 is 20.7 Å². The Kier molecular flexibility index (Phi) is 6.78. The first kappa shape index (κ1) is 23.9. The topological polar surface area (TPSA) is 130 Å². The fourth-order valence-corrected chi connectivity index (χ4v) is 4.37. The highest BCUT2D eigenvalue weighted by Gasteiger charge is 2.17. The van der Waals surface area contributed by atoms with Crippen LogP contribution in [-0.2, 0) is 6.42 Å². The van der Waals surface area contributed by atoms with Crippen LogP contribution in [0, 0.1) is 12.3 Å². The lowest BCUT2D eigenvalue weighted by molar-refractivity contribution is 0.0695. The quantitative estimate of drug-likeness (QED) is 0.289. The molecule has 35 heavy (non-hydrogen) atoms. The summed E-state index contributed by atoms with van der Waals surface area (Å²) in [5.74, 6) is -0.334. The molecule has 4 aromatic rings. The fraction of sp³-hybridized carbons (Fsp3) is 0.214. The van der Waals surface area contributed by atoms with E-state index in [-0.39, 0.29) is 17.2 Å². The number of aryl methyl sites for hydroxylation is 2. The van der Waals surface area contributed by atoms with Gasteiger partial charge in [-0.25, -0.2) is 9.78 Å². The molecule has 0 amide bonds. The van der Waals surface area contributed by atoms with E-state index in [0.717, 1.165) is 35.7 Å². The van der Waals surface area contributed by atoms with Crippen LogP contribution >= 0.6 is 0 Å². The van der Waals surface area contributed by atoms with Gasteiger partial charge in [-0.05, 0) is 73.1 Å². The summed E-state index contributed by atoms with van der Waals surface area (Å²) in [7, 11) is 0. The number of rotatable bonds is 8. The summed E-state index contributed by atoms with van der Waals surface area (Å²) < 4.78 is 6.23. The molecule has 2 heterocycles. The van der Waals surface area contributed by atoms with Crippen LogP contribution in [0.15, 0.2) is 63.8 Å². The van der Waals surface area contributed by atoms with E-state index in [1.54, 1.807) is 24.3 Å². The van der Waals surface area contributed by atoms with E-state index in [1.807, 2.05) is 31.2 Å². The molecule has 0 aliphatic heterocycles. The number of nitrogens with zero attached hydrogens (tertiary/aromatic N) is 1. The lowest BCUT2D eigenvalue weighted by Crippen LogP contribution is -2.06. The van der Waals surface area contributed by atoms with Crippen molar-refractivity contribution in [2.45, 2.75) is 39.0 Å². The van der Waals surface area contributed by atoms with Crippen LogP contribution < -0.4 is 11.2 Å². The van der Waals surface area contributed by atoms with Crippen molar-refractivity contribution in [2.75, 3.05) is 5.73 Å². The van der Waals surface area contributed by atoms with E-state index in [4.69, 9.17) is 15.6 Å². The summed E-state index contributed by atoms with van der Waals surface area (Å²) in [6.45, 7) is 4.03. The molecule has 2 aromatic carbocycles. The molecule has 0 aliphatic carbocycles. The number of carboxylic acid groups (broad SMARTS) is 1. The van der Waals surface area contributed by atoms with Gasteiger partial charge in [0, 0.05) is 17.8 Å². The summed E-state index contributed by atoms with van der Waals surface area (Å²) >= 11 is 0. The maximum atomic E-state index is 13.0. The van der Waals surface area contributed by atoms with Crippen molar-refractivity contribution < 1.29 is 14.3 Å². The predicted octanol–water partition coefficient (Wildman–Crippen LogP) is 5.57. The molecule has 1 unspecified atom stereocenters. The Balaban J connectivity index is 1.66. The van der Waals surface area contributed by atoms with Crippen molar-refractivity contribution in [1.29, 1.82) is 5.41 Å². The monoisotopic (exact) mass is 469 g/mol. The first-order valence-corrected chi connectivity index (χ1v) is 11.5. The molecule has 7 nitrogen and oxygen atoms in total. The Morgan fingerprint density at radius 2 is 1.97 bits per heavy atom. The Morgan fingerprint density at radius 3 is 2.69 bits per heavy atom. The minimum absolute atomic E-state index is 0.0751. The van der Waals surface area contributed by atoms with Gasteiger partial charge in [0.2, 0.25) is 0 Å². The zero-order chi connectivity index (χ0) is 25.1. The van der Waals surface area contributed by atoms with Gasteiger partial charge >= 0.3 is 5.97 Å². The summed E-state index contributed by atoms with van der Waals surface area (Å²) in [5, 5.41) is 17.3. The van der Waals surface area contributed by atoms with Crippen molar-refractivity contribution in [3.63, 3.8) is 0 Å². The van der Waals surface area contributed by atoms with E-state index in [0.29, 0.717) is 40.0 Å². The van der Waals surface area contributed by atoms with Gasteiger partial charge in [0.25, 0.3) is 0 Å². The van der Waals surface area contributed by atoms with Gasteiger partial charge in [0.1, 0.15) is 17.1 Å². The molecular weight excluding hydrogens is 442 g/mol. The number of carboxylic acids is 1. The molecule has 1 atom stereocenters. The van der Waals surface area contributed by atoms with Gasteiger partial charge in [-0.15, -0.1) is 0 Å². The largest absolute Gasteiger partial charge is 0.478 e. The van der Waals surface area contributed by atoms with Crippen molar-refractivity contribution in [3.05, 3.63) is 92.6 Å². The molecule has 4 N–H and O–H groups in total. The number of benzene rings is 2. The summed E-state index contributed by atoms with van der Waals surface area (Å²) in [4.78, 5) is 28.8. The van der Waals surface area contributed by atoms with Gasteiger partial charge in [0.05, 0.1) is 10.9 Å². The van der Waals surface area contributed by atoms with Crippen molar-refractivity contribution in [3.8, 4) is 11.5 Å². The van der Waals surface area contributed by atoms with Gasteiger partial charge in [-0.1, -0.05) is 31.2 Å². The number of carbonyl (C=O) groups is 1. The number of pyridine rings is 1. The van der Waals surface area contributed by atoms with Crippen LogP contribution in [0.1, 0.15) is 58.3 Å². The first-order valence-electron chi connectivity index (χ1n) is 11.5. The summed E-state index contributed by atoms with van der Waals surface area (Å²) in [5.41, 5.74) is 10.2. The second-order valence-electron chi connectivity index (χ2n) is 8.78. The highest BCUT2D eigenvalue weighted by molar-refractivity contribution is 5.89.